The summed E-state index contributed by atoms with van der Waals surface area (Å²) in [5, 5.41) is 39.1. The number of rotatable bonds is 78. The van der Waals surface area contributed by atoms with Gasteiger partial charge in [-0.2, -0.15) is 0 Å². The van der Waals surface area contributed by atoms with Gasteiger partial charge in [-0.05, 0) is 155 Å². The van der Waals surface area contributed by atoms with Crippen LogP contribution in [0.4, 0.5) is 0 Å². The fourth-order valence-electron chi connectivity index (χ4n) is 22.3. The maximum Gasteiger partial charge on any atom is 0.466 e. The van der Waals surface area contributed by atoms with Gasteiger partial charge in [-0.15, -0.1) is 0 Å². The largest absolute Gasteiger partial charge is 0.508 e. The lowest BCUT2D eigenvalue weighted by molar-refractivity contribution is -0.0508. The highest BCUT2D eigenvalue weighted by atomic mass is 31.2. The Bertz CT molecular complexity index is 3270. The molecule has 0 bridgehead atoms. The number of phenols is 3. The summed E-state index contributed by atoms with van der Waals surface area (Å²) in [4.78, 5) is 64.7. The van der Waals surface area contributed by atoms with E-state index in [1.807, 2.05) is 0 Å². The van der Waals surface area contributed by atoms with Crippen LogP contribution >= 0.6 is 23.5 Å². The molecule has 0 aliphatic rings. The van der Waals surface area contributed by atoms with E-state index in [1.165, 1.54) is 458 Å². The second kappa shape index (κ2) is 75.2. The molecule has 0 aromatic heterocycles. The highest BCUT2D eigenvalue weighted by molar-refractivity contribution is 7.45. The van der Waals surface area contributed by atoms with Gasteiger partial charge in [0.1, 0.15) is 17.2 Å². The van der Waals surface area contributed by atoms with Crippen LogP contribution in [0.1, 0.15) is 616 Å². The van der Waals surface area contributed by atoms with Crippen LogP contribution in [-0.2, 0) is 40.8 Å². The number of phosphoric acid groups is 3. The highest BCUT2D eigenvalue weighted by Crippen LogP contribution is 2.71. The first-order valence-electron chi connectivity index (χ1n) is 55.7. The molecule has 0 spiro atoms. The van der Waals surface area contributed by atoms with Gasteiger partial charge in [0.05, 0.1) is 0 Å². The van der Waals surface area contributed by atoms with Gasteiger partial charge in [-0.1, -0.05) is 546 Å². The normalized spacial score (nSPS) is 13.0. The van der Waals surface area contributed by atoms with Crippen LogP contribution in [0, 0.1) is 32.1 Å². The SMILES string of the molecule is CCCCCCCCCCCCCC(CCCCCCCCCCCCC)C(CCCCCCCCCCCCC)(c1cc(C(C)(C)C)c(O)cc1C)C(CCCCCCCCCCCCC)(CCCCCCCCCCCCC)C(CCCCCCCCCCCCC)(c1cc(C(C)(C)C)c(O)cc1C)c1cc(C(C)(C)C)c(O)cc1C.O=P(O)(O)O.O=P(O)(O)O.O=P(O)(O)O. The van der Waals surface area contributed by atoms with E-state index in [4.69, 9.17) is 57.7 Å². The van der Waals surface area contributed by atoms with Crippen LogP contribution in [0.5, 0.6) is 17.2 Å². The van der Waals surface area contributed by atoms with Crippen LogP contribution < -0.4 is 0 Å². The third-order valence-electron chi connectivity index (χ3n) is 29.3. The molecular weight excluding hydrogens is 1710 g/mol. The van der Waals surface area contributed by atoms with Crippen molar-refractivity contribution in [3.8, 4) is 17.2 Å². The zero-order chi connectivity index (χ0) is 100. The number of unbranched alkanes of at least 4 members (excludes halogenated alkanes) is 60. The Morgan fingerprint density at radius 1 is 0.218 bits per heavy atom. The molecule has 1 atom stereocenters. The van der Waals surface area contributed by atoms with Crippen molar-refractivity contribution in [2.75, 3.05) is 0 Å². The summed E-state index contributed by atoms with van der Waals surface area (Å²) in [6.07, 6.45) is 94.6. The number of aromatic hydroxyl groups is 3. The molecule has 0 fully saturated rings. The molecule has 3 aromatic rings. The minimum Gasteiger partial charge on any atom is -0.508 e. The van der Waals surface area contributed by atoms with E-state index >= 15 is 0 Å². The van der Waals surface area contributed by atoms with Crippen molar-refractivity contribution in [1.29, 1.82) is 0 Å². The molecule has 18 heteroatoms. The van der Waals surface area contributed by atoms with Gasteiger partial charge < -0.3 is 59.4 Å². The molecule has 0 aliphatic heterocycles. The molecule has 0 saturated heterocycles. The van der Waals surface area contributed by atoms with Crippen molar-refractivity contribution in [2.45, 2.75) is 614 Å². The second-order valence-corrected chi connectivity index (χ2v) is 47.4. The average Bonchev–Trinajstić information content (AvgIpc) is 0.673. The Kier molecular flexibility index (Phi) is 73.7. The summed E-state index contributed by atoms with van der Waals surface area (Å²) in [6, 6.07) is 15.0. The van der Waals surface area contributed by atoms with Crippen LogP contribution in [0.2, 0.25) is 0 Å². The van der Waals surface area contributed by atoms with Gasteiger partial charge in [0.25, 0.3) is 0 Å². The highest BCUT2D eigenvalue weighted by Gasteiger charge is 2.66. The third-order valence-corrected chi connectivity index (χ3v) is 29.3. The summed E-state index contributed by atoms with van der Waals surface area (Å²) in [5.74, 6) is 1.74. The molecule has 12 N–H and O–H groups in total. The van der Waals surface area contributed by atoms with Crippen molar-refractivity contribution in [3.05, 3.63) is 86.5 Å². The molecule has 0 amide bonds. The molecule has 3 rings (SSSR count). The summed E-state index contributed by atoms with van der Waals surface area (Å²) >= 11 is 0. The predicted octanol–water partition coefficient (Wildman–Crippen LogP) is 36.9. The second-order valence-electron chi connectivity index (χ2n) is 44.3. The average molecular weight is 1930 g/mol. The first kappa shape index (κ1) is 130. The van der Waals surface area contributed by atoms with Crippen LogP contribution in [0.15, 0.2) is 36.4 Å². The number of phenolic OH excluding ortho intramolecular Hbond substituents is 3. The molecule has 0 saturated carbocycles. The third kappa shape index (κ3) is 59.8. The standard InChI is InChI=1S/C115H208O3.3H3O4P/c1-19-25-31-37-43-49-55-61-67-73-79-85-100(86-80-74-68-62-56-50-44-38-32-26-20-2)114(89-83-77-71-65-59-53-47-41-35-29-23-5,101-94-104(110(10,11)12)107(116)91-97(101)7)113(87-81-75-69-63-57-51-45-39-33-27-21-3,88-82-76-70-64-58-52-46-40-34-28-22-4)115(90-84-78-72-66-60-54-48-42-36-30-24-6,102-95-105(111(13,14)15)108(117)92-98(102)8)103-96-106(112(16,17)18)109(118)93-99(103)9;3*1-5(2,3)4/h91-96,100,116-118H,19-90H2,1-18H3;3*(H3,1,2,3,4). The van der Waals surface area contributed by atoms with Gasteiger partial charge in [-0.25, -0.2) is 13.7 Å². The fourth-order valence-corrected chi connectivity index (χ4v) is 22.3. The minimum atomic E-state index is -4.64. The van der Waals surface area contributed by atoms with Gasteiger partial charge in [0.15, 0.2) is 0 Å². The summed E-state index contributed by atoms with van der Waals surface area (Å²) in [7, 11) is -13.9. The van der Waals surface area contributed by atoms with Crippen molar-refractivity contribution < 1.29 is 73.1 Å². The molecule has 15 nitrogen and oxygen atoms in total. The van der Waals surface area contributed by atoms with Gasteiger partial charge >= 0.3 is 23.5 Å². The van der Waals surface area contributed by atoms with Crippen LogP contribution in [0.3, 0.4) is 0 Å². The number of hydrogen-bond acceptors (Lipinski definition) is 6. The molecular formula is C115H217O15P3. The van der Waals surface area contributed by atoms with E-state index in [1.54, 1.807) is 5.56 Å². The van der Waals surface area contributed by atoms with Crippen molar-refractivity contribution in [1.82, 2.24) is 0 Å². The van der Waals surface area contributed by atoms with Gasteiger partial charge in [0, 0.05) is 10.8 Å². The molecule has 3 aromatic carbocycles. The molecule has 133 heavy (non-hydrogen) atoms. The van der Waals surface area contributed by atoms with Gasteiger partial charge in [0.2, 0.25) is 0 Å². The van der Waals surface area contributed by atoms with Gasteiger partial charge in [-0.3, -0.25) is 0 Å². The van der Waals surface area contributed by atoms with E-state index in [9.17, 15) is 15.3 Å². The molecule has 1 unspecified atom stereocenters. The van der Waals surface area contributed by atoms with E-state index < -0.39 is 28.9 Å². The Morgan fingerprint density at radius 2 is 0.376 bits per heavy atom. The Morgan fingerprint density at radius 3 is 0.571 bits per heavy atom. The maximum absolute atomic E-state index is 13.1. The Labute approximate surface area is 820 Å². The predicted molar refractivity (Wildman–Crippen MR) is 572 cm³/mol. The molecule has 0 aliphatic carbocycles. The topological polar surface area (TPSA) is 294 Å². The van der Waals surface area contributed by atoms with E-state index in [0.29, 0.717) is 23.2 Å². The first-order chi connectivity index (χ1) is 62.9. The summed E-state index contributed by atoms with van der Waals surface area (Å²) < 4.78 is 26.6. The molecule has 782 valence electrons. The summed E-state index contributed by atoms with van der Waals surface area (Å²) in [6.45, 7) is 43.0. The zero-order valence-corrected chi connectivity index (χ0v) is 92.6. The van der Waals surface area contributed by atoms with E-state index in [2.05, 4.69) is 161 Å². The zero-order valence-electron chi connectivity index (χ0n) is 89.9. The minimum absolute atomic E-state index is 0.304. The maximum atomic E-state index is 13.1. The number of hydrogen-bond donors (Lipinski definition) is 12. The smallest absolute Gasteiger partial charge is 0.466 e. The van der Waals surface area contributed by atoms with Crippen LogP contribution in [0.25, 0.3) is 0 Å². The lowest BCUT2D eigenvalue weighted by Crippen LogP contribution is -2.63. The number of aryl methyl sites for hydroxylation is 3. The quantitative estimate of drug-likeness (QED) is 0.0185. The van der Waals surface area contributed by atoms with Crippen molar-refractivity contribution >= 4 is 23.5 Å². The molecule has 0 heterocycles. The van der Waals surface area contributed by atoms with E-state index in [-0.39, 0.29) is 27.1 Å². The first-order valence-corrected chi connectivity index (χ1v) is 60.4. The lowest BCUT2D eigenvalue weighted by atomic mass is 9.37. The van der Waals surface area contributed by atoms with Crippen molar-refractivity contribution in [2.24, 2.45) is 11.3 Å². The summed E-state index contributed by atoms with van der Waals surface area (Å²) in [5.41, 5.74) is 9.31. The monoisotopic (exact) mass is 1930 g/mol. The number of benzene rings is 3. The van der Waals surface area contributed by atoms with Crippen LogP contribution in [-0.4, -0.2) is 59.4 Å². The van der Waals surface area contributed by atoms with Crippen molar-refractivity contribution in [3.63, 3.8) is 0 Å². The Balaban J connectivity index is 0.0000107. The molecule has 0 radical (unpaired) electrons. The van der Waals surface area contributed by atoms with E-state index in [0.717, 1.165) is 48.8 Å². The fraction of sp³-hybridized carbons (Fsp3) is 0.843. The lowest BCUT2D eigenvalue weighted by Gasteiger charge is -2.66. The Hall–Kier alpha value is -2.61.